The topological polar surface area (TPSA) is 12.0 Å². The minimum Gasteiger partial charge on any atom is -0.310 e. The van der Waals surface area contributed by atoms with Gasteiger partial charge < -0.3 is 5.32 Å². The average molecular weight is 202 g/mol. The van der Waals surface area contributed by atoms with Crippen LogP contribution in [-0.4, -0.2) is 12.6 Å². The van der Waals surface area contributed by atoms with E-state index in [1.54, 1.807) is 5.54 Å². The quantitative estimate of drug-likeness (QED) is 0.736. The van der Waals surface area contributed by atoms with Gasteiger partial charge in [0.25, 0.3) is 0 Å². The first-order valence-electron chi connectivity index (χ1n) is 5.23. The van der Waals surface area contributed by atoms with E-state index in [0.717, 1.165) is 12.5 Å². The van der Waals surface area contributed by atoms with Gasteiger partial charge in [0.05, 0.1) is 0 Å². The molecule has 0 spiro atoms. The van der Waals surface area contributed by atoms with Gasteiger partial charge in [-0.2, -0.15) is 0 Å². The van der Waals surface area contributed by atoms with Crippen molar-refractivity contribution < 1.29 is 0 Å². The second kappa shape index (κ2) is 5.66. The largest absolute Gasteiger partial charge is 0.310 e. The van der Waals surface area contributed by atoms with Crippen molar-refractivity contribution in [3.8, 4) is 0 Å². The van der Waals surface area contributed by atoms with E-state index in [1.165, 1.54) is 31.3 Å². The fourth-order valence-corrected chi connectivity index (χ4v) is 2.06. The fourth-order valence-electron chi connectivity index (χ4n) is 1.98. The van der Waals surface area contributed by atoms with Gasteiger partial charge in [-0.3, -0.25) is 0 Å². The maximum Gasteiger partial charge on any atom is 0.0176 e. The molecular formula is C11H20ClN. The molecule has 0 aromatic rings. The molecule has 1 unspecified atom stereocenters. The van der Waals surface area contributed by atoms with E-state index in [9.17, 15) is 0 Å². The first-order chi connectivity index (χ1) is 6.24. The molecule has 0 bridgehead atoms. The summed E-state index contributed by atoms with van der Waals surface area (Å²) in [7, 11) is 0. The summed E-state index contributed by atoms with van der Waals surface area (Å²) in [6.07, 6.45) is 5.64. The Morgan fingerprint density at radius 2 is 2.15 bits per heavy atom. The molecule has 0 radical (unpaired) electrons. The maximum absolute atomic E-state index is 5.59. The number of hydrogen-bond donors (Lipinski definition) is 1. The van der Waals surface area contributed by atoms with Crippen molar-refractivity contribution in [1.82, 2.24) is 5.32 Å². The van der Waals surface area contributed by atoms with Gasteiger partial charge in [0.2, 0.25) is 0 Å². The van der Waals surface area contributed by atoms with Crippen LogP contribution in [0, 0.1) is 5.92 Å². The lowest BCUT2D eigenvalue weighted by Crippen LogP contribution is -2.33. The third kappa shape index (κ3) is 3.70. The molecule has 13 heavy (non-hydrogen) atoms. The zero-order valence-electron chi connectivity index (χ0n) is 8.65. The summed E-state index contributed by atoms with van der Waals surface area (Å²) in [5.74, 6) is 0.892. The lowest BCUT2D eigenvalue weighted by atomic mass is 10.00. The van der Waals surface area contributed by atoms with Crippen molar-refractivity contribution in [2.45, 2.75) is 45.6 Å². The molecule has 0 aliphatic heterocycles. The summed E-state index contributed by atoms with van der Waals surface area (Å²) >= 11 is 5.59. The lowest BCUT2D eigenvalue weighted by Gasteiger charge is -2.20. The van der Waals surface area contributed by atoms with Crippen molar-refractivity contribution >= 4 is 11.6 Å². The van der Waals surface area contributed by atoms with Gasteiger partial charge >= 0.3 is 0 Å². The van der Waals surface area contributed by atoms with Crippen LogP contribution in [0.4, 0.5) is 0 Å². The van der Waals surface area contributed by atoms with Crippen LogP contribution in [0.15, 0.2) is 11.1 Å². The van der Waals surface area contributed by atoms with Crippen LogP contribution < -0.4 is 5.32 Å². The Hall–Kier alpha value is -0.0100. The van der Waals surface area contributed by atoms with Gasteiger partial charge in [-0.1, -0.05) is 24.4 Å². The minimum atomic E-state index is 0.647. The molecule has 1 aliphatic carbocycles. The lowest BCUT2D eigenvalue weighted by molar-refractivity contribution is 0.392. The first kappa shape index (κ1) is 11.1. The van der Waals surface area contributed by atoms with E-state index in [2.05, 4.69) is 19.2 Å². The van der Waals surface area contributed by atoms with Crippen LogP contribution in [0.1, 0.15) is 39.5 Å². The SMILES string of the molecule is CC(=CCl)CNC(C)C1CCCC1. The summed E-state index contributed by atoms with van der Waals surface area (Å²) in [6, 6.07) is 0.647. The smallest absolute Gasteiger partial charge is 0.0176 e. The van der Waals surface area contributed by atoms with Crippen LogP contribution in [0.25, 0.3) is 0 Å². The molecule has 1 N–H and O–H groups in total. The number of hydrogen-bond acceptors (Lipinski definition) is 1. The average Bonchev–Trinajstić information content (AvgIpc) is 2.66. The zero-order chi connectivity index (χ0) is 9.68. The Bertz CT molecular complexity index is 171. The van der Waals surface area contributed by atoms with Crippen molar-refractivity contribution in [1.29, 1.82) is 0 Å². The Balaban J connectivity index is 2.20. The maximum atomic E-state index is 5.59. The monoisotopic (exact) mass is 201 g/mol. The van der Waals surface area contributed by atoms with Crippen molar-refractivity contribution in [2.75, 3.05) is 6.54 Å². The summed E-state index contributed by atoms with van der Waals surface area (Å²) in [4.78, 5) is 0. The van der Waals surface area contributed by atoms with Crippen LogP contribution in [-0.2, 0) is 0 Å². The van der Waals surface area contributed by atoms with Gasteiger partial charge in [-0.05, 0) is 38.2 Å². The highest BCUT2D eigenvalue weighted by Crippen LogP contribution is 2.27. The van der Waals surface area contributed by atoms with E-state index < -0.39 is 0 Å². The molecule has 2 heteroatoms. The number of nitrogens with one attached hydrogen (secondary N) is 1. The first-order valence-corrected chi connectivity index (χ1v) is 5.67. The molecule has 1 aliphatic rings. The van der Waals surface area contributed by atoms with E-state index in [-0.39, 0.29) is 0 Å². The summed E-state index contributed by atoms with van der Waals surface area (Å²) in [6.45, 7) is 5.28. The molecule has 0 saturated heterocycles. The predicted molar refractivity (Wildman–Crippen MR) is 59.0 cm³/mol. The van der Waals surface area contributed by atoms with Gasteiger partial charge in [-0.25, -0.2) is 0 Å². The molecule has 0 heterocycles. The van der Waals surface area contributed by atoms with E-state index in [0.29, 0.717) is 6.04 Å². The van der Waals surface area contributed by atoms with E-state index >= 15 is 0 Å². The number of rotatable bonds is 4. The van der Waals surface area contributed by atoms with Crippen molar-refractivity contribution in [3.63, 3.8) is 0 Å². The van der Waals surface area contributed by atoms with Crippen molar-refractivity contribution in [2.24, 2.45) is 5.92 Å². The third-order valence-electron chi connectivity index (χ3n) is 3.00. The fraction of sp³-hybridized carbons (Fsp3) is 0.818. The molecule has 1 atom stereocenters. The van der Waals surface area contributed by atoms with E-state index in [1.807, 2.05) is 0 Å². The van der Waals surface area contributed by atoms with Gasteiger partial charge in [-0.15, -0.1) is 0 Å². The standard InChI is InChI=1S/C11H20ClN/c1-9(7-12)8-13-10(2)11-5-3-4-6-11/h7,10-11,13H,3-6,8H2,1-2H3. The number of halogens is 1. The molecular weight excluding hydrogens is 182 g/mol. The Morgan fingerprint density at radius 3 is 2.69 bits per heavy atom. The molecule has 0 amide bonds. The highest BCUT2D eigenvalue weighted by atomic mass is 35.5. The summed E-state index contributed by atoms with van der Waals surface area (Å²) < 4.78 is 0. The van der Waals surface area contributed by atoms with Crippen LogP contribution >= 0.6 is 11.6 Å². The molecule has 1 fully saturated rings. The summed E-state index contributed by atoms with van der Waals surface area (Å²) in [5.41, 5.74) is 2.88. The van der Waals surface area contributed by atoms with Crippen LogP contribution in [0.5, 0.6) is 0 Å². The Labute approximate surface area is 86.5 Å². The molecule has 1 rings (SSSR count). The van der Waals surface area contributed by atoms with Crippen LogP contribution in [0.2, 0.25) is 0 Å². The van der Waals surface area contributed by atoms with Gasteiger partial charge in [0.15, 0.2) is 0 Å². The predicted octanol–water partition coefficient (Wildman–Crippen LogP) is 3.30. The summed E-state index contributed by atoms with van der Waals surface area (Å²) in [5, 5.41) is 3.52. The van der Waals surface area contributed by atoms with Gasteiger partial charge in [0.1, 0.15) is 0 Å². The molecule has 1 saturated carbocycles. The molecule has 1 nitrogen and oxygen atoms in total. The third-order valence-corrected chi connectivity index (χ3v) is 3.37. The highest BCUT2D eigenvalue weighted by Gasteiger charge is 2.20. The Morgan fingerprint density at radius 1 is 1.54 bits per heavy atom. The van der Waals surface area contributed by atoms with E-state index in [4.69, 9.17) is 11.6 Å². The second-order valence-corrected chi connectivity index (χ2v) is 4.39. The highest BCUT2D eigenvalue weighted by molar-refractivity contribution is 6.25. The Kier molecular flexibility index (Phi) is 4.82. The zero-order valence-corrected chi connectivity index (χ0v) is 9.40. The van der Waals surface area contributed by atoms with Crippen molar-refractivity contribution in [3.05, 3.63) is 11.1 Å². The molecule has 0 aromatic heterocycles. The second-order valence-electron chi connectivity index (χ2n) is 4.17. The van der Waals surface area contributed by atoms with Crippen LogP contribution in [0.3, 0.4) is 0 Å². The van der Waals surface area contributed by atoms with Gasteiger partial charge in [0, 0.05) is 18.1 Å². The minimum absolute atomic E-state index is 0.647. The molecule has 76 valence electrons. The normalized spacial score (nSPS) is 22.2. The molecule has 0 aromatic carbocycles.